The normalized spacial score (nSPS) is 11.6. The molecule has 0 saturated heterocycles. The topological polar surface area (TPSA) is 103 Å². The second-order valence-corrected chi connectivity index (χ2v) is 9.36. The van der Waals surface area contributed by atoms with E-state index in [0.29, 0.717) is 27.6 Å². The maximum atomic E-state index is 11.5. The average Bonchev–Trinajstić information content (AvgIpc) is 3.19. The second-order valence-electron chi connectivity index (χ2n) is 7.94. The number of aryl methyl sites for hydroxylation is 2. The predicted octanol–water partition coefficient (Wildman–Crippen LogP) is 6.04. The first-order valence-corrected chi connectivity index (χ1v) is 11.5. The highest BCUT2D eigenvalue weighted by atomic mass is 35.5. The maximum Gasteiger partial charge on any atom is 0.294 e. The summed E-state index contributed by atoms with van der Waals surface area (Å²) >= 11 is 0. The highest BCUT2D eigenvalue weighted by Crippen LogP contribution is 2.35. The smallest absolute Gasteiger partial charge is 0.294 e. The molecule has 0 bridgehead atoms. The van der Waals surface area contributed by atoms with Crippen LogP contribution < -0.4 is 0 Å². The van der Waals surface area contributed by atoms with E-state index < -0.39 is 10.1 Å². The molecule has 0 unspecified atom stereocenters. The van der Waals surface area contributed by atoms with Crippen LogP contribution in [-0.4, -0.2) is 28.0 Å². The van der Waals surface area contributed by atoms with Crippen LogP contribution in [0.4, 0.5) is 0 Å². The Bertz CT molecular complexity index is 1640. The fraction of sp³-hybridized carbons (Fsp3) is 0.0800. The molecule has 0 aliphatic rings. The van der Waals surface area contributed by atoms with Crippen molar-refractivity contribution in [2.75, 3.05) is 0 Å². The quantitative estimate of drug-likeness (QED) is 0.273. The van der Waals surface area contributed by atoms with Crippen LogP contribution in [0.2, 0.25) is 0 Å². The van der Waals surface area contributed by atoms with Gasteiger partial charge >= 0.3 is 0 Å². The molecule has 0 radical (unpaired) electrons. The highest BCUT2D eigenvalue weighted by molar-refractivity contribution is 7.85. The Kier molecular flexibility index (Phi) is 5.66. The predicted molar refractivity (Wildman–Crippen MR) is 133 cm³/mol. The Labute approximate surface area is 197 Å². The van der Waals surface area contributed by atoms with Crippen molar-refractivity contribution in [3.05, 3.63) is 77.9 Å². The molecule has 33 heavy (non-hydrogen) atoms. The lowest BCUT2D eigenvalue weighted by atomic mass is 9.99. The van der Waals surface area contributed by atoms with Crippen LogP contribution in [0.5, 0.6) is 5.75 Å². The van der Waals surface area contributed by atoms with E-state index in [1.54, 1.807) is 12.1 Å². The van der Waals surface area contributed by atoms with Crippen LogP contribution >= 0.6 is 12.4 Å². The summed E-state index contributed by atoms with van der Waals surface area (Å²) in [6.07, 6.45) is 0. The number of hydrogen-bond acceptors (Lipinski definition) is 4. The molecule has 0 fully saturated rings. The van der Waals surface area contributed by atoms with E-state index in [1.807, 2.05) is 18.2 Å². The third kappa shape index (κ3) is 4.06. The molecular weight excluding hydrogens is 460 g/mol. The molecule has 6 nitrogen and oxygen atoms in total. The minimum absolute atomic E-state index is 0. The zero-order valence-corrected chi connectivity index (χ0v) is 19.5. The van der Waals surface area contributed by atoms with Gasteiger partial charge in [0.05, 0.1) is 15.8 Å². The molecule has 0 atom stereocenters. The van der Waals surface area contributed by atoms with Crippen LogP contribution in [0, 0.1) is 13.8 Å². The number of aromatic amines is 1. The Morgan fingerprint density at radius 2 is 1.58 bits per heavy atom. The molecule has 0 aliphatic heterocycles. The van der Waals surface area contributed by atoms with Crippen molar-refractivity contribution >= 4 is 44.3 Å². The van der Waals surface area contributed by atoms with E-state index in [1.165, 1.54) is 17.2 Å². The molecule has 0 amide bonds. The van der Waals surface area contributed by atoms with Crippen molar-refractivity contribution in [1.82, 2.24) is 9.97 Å². The van der Waals surface area contributed by atoms with E-state index in [9.17, 15) is 18.1 Å². The molecule has 0 aliphatic carbocycles. The standard InChI is InChI=1S/C25H20N2O4S.ClH/c1-14-6-7-17(10-15(14)2)16-4-3-5-19(11-16)25-26-21-9-8-18-12-20(32(29,30)31)13-22(28)23(18)24(21)27-25;/h3-13,28H,1-2H3,(H,26,27)(H,29,30,31);1H. The van der Waals surface area contributed by atoms with Gasteiger partial charge in [0.25, 0.3) is 10.1 Å². The number of halogens is 1. The largest absolute Gasteiger partial charge is 0.507 e. The maximum absolute atomic E-state index is 11.5. The van der Waals surface area contributed by atoms with Gasteiger partial charge in [-0.15, -0.1) is 12.4 Å². The van der Waals surface area contributed by atoms with E-state index in [2.05, 4.69) is 43.1 Å². The van der Waals surface area contributed by atoms with Crippen molar-refractivity contribution in [2.45, 2.75) is 18.7 Å². The monoisotopic (exact) mass is 480 g/mol. The number of phenols is 1. The third-order valence-electron chi connectivity index (χ3n) is 5.79. The lowest BCUT2D eigenvalue weighted by Crippen LogP contribution is -1.97. The van der Waals surface area contributed by atoms with Crippen molar-refractivity contribution in [2.24, 2.45) is 0 Å². The average molecular weight is 481 g/mol. The van der Waals surface area contributed by atoms with Gasteiger partial charge in [0.15, 0.2) is 0 Å². The molecule has 1 heterocycles. The molecule has 0 spiro atoms. The van der Waals surface area contributed by atoms with Gasteiger partial charge in [-0.2, -0.15) is 8.42 Å². The molecule has 1 aromatic heterocycles. The first-order chi connectivity index (χ1) is 15.2. The number of H-pyrrole nitrogens is 1. The summed E-state index contributed by atoms with van der Waals surface area (Å²) in [6, 6.07) is 20.2. The summed E-state index contributed by atoms with van der Waals surface area (Å²) in [7, 11) is -4.43. The molecular formula is C25H21ClN2O4S. The van der Waals surface area contributed by atoms with Crippen LogP contribution in [0.25, 0.3) is 44.3 Å². The van der Waals surface area contributed by atoms with Crippen molar-refractivity contribution in [3.8, 4) is 28.3 Å². The first kappa shape index (κ1) is 22.8. The lowest BCUT2D eigenvalue weighted by molar-refractivity contribution is 0.471. The number of nitrogens with one attached hydrogen (secondary N) is 1. The van der Waals surface area contributed by atoms with Crippen LogP contribution in [0.15, 0.2) is 71.6 Å². The first-order valence-electron chi connectivity index (χ1n) is 10.0. The lowest BCUT2D eigenvalue weighted by Gasteiger charge is -2.07. The molecule has 0 saturated carbocycles. The van der Waals surface area contributed by atoms with E-state index in [4.69, 9.17) is 4.98 Å². The summed E-state index contributed by atoms with van der Waals surface area (Å²) in [5.41, 5.74) is 6.77. The van der Waals surface area contributed by atoms with Crippen LogP contribution in [0.3, 0.4) is 0 Å². The fourth-order valence-corrected chi connectivity index (χ4v) is 4.47. The van der Waals surface area contributed by atoms with Crippen molar-refractivity contribution in [1.29, 1.82) is 0 Å². The van der Waals surface area contributed by atoms with Crippen LogP contribution in [0.1, 0.15) is 11.1 Å². The Morgan fingerprint density at radius 3 is 2.30 bits per heavy atom. The summed E-state index contributed by atoms with van der Waals surface area (Å²) in [5.74, 6) is 0.374. The molecule has 5 rings (SSSR count). The number of aromatic hydroxyl groups is 1. The van der Waals surface area contributed by atoms with Gasteiger partial charge in [-0.05, 0) is 59.7 Å². The number of fused-ring (bicyclic) bond motifs is 3. The highest BCUT2D eigenvalue weighted by Gasteiger charge is 2.17. The number of rotatable bonds is 3. The molecule has 3 N–H and O–H groups in total. The Morgan fingerprint density at radius 1 is 0.848 bits per heavy atom. The van der Waals surface area contributed by atoms with Gasteiger partial charge in [-0.25, -0.2) is 4.98 Å². The van der Waals surface area contributed by atoms with Gasteiger partial charge in [0, 0.05) is 11.6 Å². The third-order valence-corrected chi connectivity index (χ3v) is 6.63. The summed E-state index contributed by atoms with van der Waals surface area (Å²) in [6.45, 7) is 4.18. The van der Waals surface area contributed by atoms with E-state index in [0.717, 1.165) is 22.8 Å². The summed E-state index contributed by atoms with van der Waals surface area (Å²) in [4.78, 5) is 7.63. The zero-order chi connectivity index (χ0) is 22.6. The van der Waals surface area contributed by atoms with Gasteiger partial charge in [-0.1, -0.05) is 42.5 Å². The van der Waals surface area contributed by atoms with Crippen molar-refractivity contribution < 1.29 is 18.1 Å². The summed E-state index contributed by atoms with van der Waals surface area (Å²) in [5, 5.41) is 11.4. The molecule has 4 aromatic carbocycles. The molecule has 168 valence electrons. The van der Waals surface area contributed by atoms with Gasteiger partial charge < -0.3 is 10.1 Å². The second kappa shape index (κ2) is 8.19. The minimum Gasteiger partial charge on any atom is -0.507 e. The number of imidazole rings is 1. The number of aromatic nitrogens is 2. The zero-order valence-electron chi connectivity index (χ0n) is 17.8. The van der Waals surface area contributed by atoms with Gasteiger partial charge in [-0.3, -0.25) is 4.55 Å². The number of phenolic OH excluding ortho intramolecular Hbond substituents is 1. The molecule has 8 heteroatoms. The number of hydrogen-bond donors (Lipinski definition) is 3. The number of nitrogens with zero attached hydrogens (tertiary/aromatic N) is 1. The minimum atomic E-state index is -4.43. The Hall–Kier alpha value is -3.39. The van der Waals surface area contributed by atoms with E-state index in [-0.39, 0.29) is 23.1 Å². The van der Waals surface area contributed by atoms with Gasteiger partial charge in [0.1, 0.15) is 17.1 Å². The van der Waals surface area contributed by atoms with E-state index >= 15 is 0 Å². The Balaban J connectivity index is 0.00000259. The van der Waals surface area contributed by atoms with Gasteiger partial charge in [0.2, 0.25) is 0 Å². The van der Waals surface area contributed by atoms with Crippen LogP contribution in [-0.2, 0) is 10.1 Å². The molecule has 5 aromatic rings. The summed E-state index contributed by atoms with van der Waals surface area (Å²) < 4.78 is 32.3. The fourth-order valence-electron chi connectivity index (χ4n) is 3.94. The van der Waals surface area contributed by atoms with Crippen molar-refractivity contribution in [3.63, 3.8) is 0 Å². The number of benzene rings is 4. The SMILES string of the molecule is Cc1ccc(-c2cccc(-c3nc4c(ccc5cc(S(=O)(=O)O)cc(O)c54)[nH]3)c2)cc1C.Cl.